The Morgan fingerprint density at radius 2 is 1.95 bits per heavy atom. The average Bonchev–Trinajstić information content (AvgIpc) is 2.35. The number of carbonyl (C=O) groups excluding carboxylic acids is 1. The average molecular weight is 278 g/mol. The fourth-order valence-corrected chi connectivity index (χ4v) is 2.85. The van der Waals surface area contributed by atoms with Crippen molar-refractivity contribution < 1.29 is 9.18 Å². The third-order valence-corrected chi connectivity index (χ3v) is 4.46. The van der Waals surface area contributed by atoms with Crippen LogP contribution >= 0.6 is 0 Å². The van der Waals surface area contributed by atoms with Gasteiger partial charge in [0.25, 0.3) is 5.91 Å². The molecule has 1 aliphatic rings. The Bertz CT molecular complexity index is 509. The van der Waals surface area contributed by atoms with Gasteiger partial charge in [-0.05, 0) is 52.4 Å². The number of likely N-dealkylation sites (N-methyl/N-ethyl adjacent to an activating group) is 2. The van der Waals surface area contributed by atoms with Crippen molar-refractivity contribution in [1.29, 1.82) is 0 Å². The molecule has 0 atom stereocenters. The summed E-state index contributed by atoms with van der Waals surface area (Å²) in [5.41, 5.74) is 1.12. The molecule has 0 heterocycles. The number of hydrogen-bond donors (Lipinski definition) is 0. The van der Waals surface area contributed by atoms with Gasteiger partial charge in [-0.1, -0.05) is 11.6 Å². The number of aryl methyl sites for hydroxylation is 1. The Labute approximate surface area is 120 Å². The van der Waals surface area contributed by atoms with Crippen LogP contribution in [0.3, 0.4) is 0 Å². The summed E-state index contributed by atoms with van der Waals surface area (Å²) in [5.74, 6) is -0.681. The van der Waals surface area contributed by atoms with Crippen molar-refractivity contribution in [1.82, 2.24) is 9.80 Å². The minimum atomic E-state index is -0.444. The van der Waals surface area contributed by atoms with Gasteiger partial charge in [0.05, 0.1) is 5.56 Å². The Hall–Kier alpha value is -1.42. The molecular weight excluding hydrogens is 255 g/mol. The van der Waals surface area contributed by atoms with E-state index in [1.807, 2.05) is 21.0 Å². The maximum Gasteiger partial charge on any atom is 0.256 e. The van der Waals surface area contributed by atoms with Crippen molar-refractivity contribution in [2.24, 2.45) is 0 Å². The highest BCUT2D eigenvalue weighted by atomic mass is 19.1. The molecule has 110 valence electrons. The molecule has 20 heavy (non-hydrogen) atoms. The zero-order valence-electron chi connectivity index (χ0n) is 12.7. The van der Waals surface area contributed by atoms with Gasteiger partial charge < -0.3 is 9.80 Å². The highest BCUT2D eigenvalue weighted by Gasteiger charge is 2.40. The standard InChI is InChI=1S/C16H23FN2O/c1-12-6-7-14(17)13(10-12)15(20)19(4)11-16(18(2)3)8-5-9-16/h6-7,10H,5,8-9,11H2,1-4H3. The fraction of sp³-hybridized carbons (Fsp3) is 0.562. The molecule has 1 aromatic rings. The van der Waals surface area contributed by atoms with Crippen LogP contribution in [0.25, 0.3) is 0 Å². The maximum absolute atomic E-state index is 13.8. The molecule has 1 amide bonds. The number of hydrogen-bond acceptors (Lipinski definition) is 2. The molecule has 3 nitrogen and oxygen atoms in total. The minimum Gasteiger partial charge on any atom is -0.340 e. The molecule has 4 heteroatoms. The van der Waals surface area contributed by atoms with Crippen LogP contribution in [0.1, 0.15) is 35.2 Å². The summed E-state index contributed by atoms with van der Waals surface area (Å²) in [7, 11) is 5.85. The van der Waals surface area contributed by atoms with Gasteiger partial charge in [-0.25, -0.2) is 4.39 Å². The summed E-state index contributed by atoms with van der Waals surface area (Å²) in [6.07, 6.45) is 3.38. The second-order valence-corrected chi connectivity index (χ2v) is 6.12. The quantitative estimate of drug-likeness (QED) is 0.845. The van der Waals surface area contributed by atoms with Crippen LogP contribution in [0, 0.1) is 12.7 Å². The first-order valence-corrected chi connectivity index (χ1v) is 7.05. The van der Waals surface area contributed by atoms with Crippen LogP contribution in [-0.2, 0) is 0 Å². The molecule has 0 radical (unpaired) electrons. The summed E-state index contributed by atoms with van der Waals surface area (Å²) in [6, 6.07) is 4.66. The lowest BCUT2D eigenvalue weighted by Crippen LogP contribution is -2.57. The van der Waals surface area contributed by atoms with E-state index in [-0.39, 0.29) is 17.0 Å². The van der Waals surface area contributed by atoms with E-state index in [9.17, 15) is 9.18 Å². The molecular formula is C16H23FN2O. The summed E-state index contributed by atoms with van der Waals surface area (Å²) in [5, 5.41) is 0. The van der Waals surface area contributed by atoms with Crippen molar-refractivity contribution in [3.05, 3.63) is 35.1 Å². The van der Waals surface area contributed by atoms with Crippen molar-refractivity contribution in [3.8, 4) is 0 Å². The first kappa shape index (κ1) is 15.0. The van der Waals surface area contributed by atoms with E-state index in [1.54, 1.807) is 24.1 Å². The van der Waals surface area contributed by atoms with Gasteiger partial charge in [0.15, 0.2) is 0 Å². The predicted molar refractivity (Wildman–Crippen MR) is 78.4 cm³/mol. The van der Waals surface area contributed by atoms with E-state index in [2.05, 4.69) is 4.90 Å². The normalized spacial score (nSPS) is 16.9. The van der Waals surface area contributed by atoms with Gasteiger partial charge in [0.1, 0.15) is 5.82 Å². The number of nitrogens with zero attached hydrogens (tertiary/aromatic N) is 2. The summed E-state index contributed by atoms with van der Waals surface area (Å²) >= 11 is 0. The van der Waals surface area contributed by atoms with E-state index >= 15 is 0 Å². The molecule has 1 aliphatic carbocycles. The van der Waals surface area contributed by atoms with Gasteiger partial charge in [0, 0.05) is 19.1 Å². The molecule has 0 spiro atoms. The summed E-state index contributed by atoms with van der Waals surface area (Å²) in [6.45, 7) is 2.51. The third-order valence-electron chi connectivity index (χ3n) is 4.46. The molecule has 0 saturated heterocycles. The highest BCUT2D eigenvalue weighted by molar-refractivity contribution is 5.94. The van der Waals surface area contributed by atoms with E-state index in [4.69, 9.17) is 0 Å². The zero-order valence-corrected chi connectivity index (χ0v) is 12.7. The summed E-state index contributed by atoms with van der Waals surface area (Å²) < 4.78 is 13.8. The molecule has 1 fully saturated rings. The van der Waals surface area contributed by atoms with Crippen LogP contribution in [0.5, 0.6) is 0 Å². The van der Waals surface area contributed by atoms with Gasteiger partial charge in [-0.15, -0.1) is 0 Å². The Kier molecular flexibility index (Phi) is 4.14. The number of amides is 1. The van der Waals surface area contributed by atoms with Crippen molar-refractivity contribution in [2.75, 3.05) is 27.7 Å². The van der Waals surface area contributed by atoms with Crippen molar-refractivity contribution >= 4 is 5.91 Å². The first-order valence-electron chi connectivity index (χ1n) is 7.05. The SMILES string of the molecule is Cc1ccc(F)c(C(=O)N(C)CC2(N(C)C)CCC2)c1. The largest absolute Gasteiger partial charge is 0.340 e. The molecule has 0 aliphatic heterocycles. The Morgan fingerprint density at radius 3 is 2.45 bits per heavy atom. The fourth-order valence-electron chi connectivity index (χ4n) is 2.85. The van der Waals surface area contributed by atoms with E-state index in [0.29, 0.717) is 6.54 Å². The Balaban J connectivity index is 2.14. The Morgan fingerprint density at radius 1 is 1.30 bits per heavy atom. The number of carbonyl (C=O) groups is 1. The van der Waals surface area contributed by atoms with Crippen LogP contribution in [0.15, 0.2) is 18.2 Å². The number of benzene rings is 1. The molecule has 0 unspecified atom stereocenters. The minimum absolute atomic E-state index is 0.0602. The molecule has 0 N–H and O–H groups in total. The zero-order chi connectivity index (χ0) is 14.9. The van der Waals surface area contributed by atoms with Crippen LogP contribution in [0.2, 0.25) is 0 Å². The number of halogens is 1. The van der Waals surface area contributed by atoms with Gasteiger partial charge in [-0.2, -0.15) is 0 Å². The van der Waals surface area contributed by atoms with Crippen LogP contribution < -0.4 is 0 Å². The van der Waals surface area contributed by atoms with E-state index in [0.717, 1.165) is 18.4 Å². The second kappa shape index (κ2) is 5.52. The van der Waals surface area contributed by atoms with Crippen LogP contribution in [-0.4, -0.2) is 48.9 Å². The lowest BCUT2D eigenvalue weighted by molar-refractivity contribution is 0.0250. The topological polar surface area (TPSA) is 23.6 Å². The molecule has 0 bridgehead atoms. The molecule has 1 aromatic carbocycles. The second-order valence-electron chi connectivity index (χ2n) is 6.12. The number of rotatable bonds is 4. The third kappa shape index (κ3) is 2.70. The van der Waals surface area contributed by atoms with E-state index in [1.165, 1.54) is 12.5 Å². The van der Waals surface area contributed by atoms with Crippen molar-refractivity contribution in [3.63, 3.8) is 0 Å². The van der Waals surface area contributed by atoms with Gasteiger partial charge in [-0.3, -0.25) is 4.79 Å². The molecule has 1 saturated carbocycles. The predicted octanol–water partition coefficient (Wildman–Crippen LogP) is 2.69. The lowest BCUT2D eigenvalue weighted by atomic mass is 9.75. The van der Waals surface area contributed by atoms with Gasteiger partial charge >= 0.3 is 0 Å². The van der Waals surface area contributed by atoms with Gasteiger partial charge in [0.2, 0.25) is 0 Å². The van der Waals surface area contributed by atoms with E-state index < -0.39 is 5.82 Å². The lowest BCUT2D eigenvalue weighted by Gasteiger charge is -2.49. The maximum atomic E-state index is 13.8. The summed E-state index contributed by atoms with van der Waals surface area (Å²) in [4.78, 5) is 16.3. The molecule has 2 rings (SSSR count). The van der Waals surface area contributed by atoms with Crippen molar-refractivity contribution in [2.45, 2.75) is 31.7 Å². The molecule has 0 aromatic heterocycles. The monoisotopic (exact) mass is 278 g/mol. The van der Waals surface area contributed by atoms with Crippen LogP contribution in [0.4, 0.5) is 4.39 Å². The smallest absolute Gasteiger partial charge is 0.256 e. The first-order chi connectivity index (χ1) is 9.35. The highest BCUT2D eigenvalue weighted by Crippen LogP contribution is 2.36.